The maximum absolute atomic E-state index is 14.2. The molecule has 0 aliphatic heterocycles. The fourth-order valence-corrected chi connectivity index (χ4v) is 10.1. The van der Waals surface area contributed by atoms with Crippen LogP contribution in [0.25, 0.3) is 32.3 Å². The second-order valence-corrected chi connectivity index (χ2v) is 19.2. The van der Waals surface area contributed by atoms with Crippen molar-refractivity contribution in [3.63, 3.8) is 0 Å². The predicted molar refractivity (Wildman–Crippen MR) is 267 cm³/mol. The van der Waals surface area contributed by atoms with Crippen LogP contribution in [-0.4, -0.2) is 13.7 Å². The zero-order valence-corrected chi connectivity index (χ0v) is 40.4. The van der Waals surface area contributed by atoms with Gasteiger partial charge in [0.2, 0.25) is 0 Å². The molecule has 0 unspecified atom stereocenters. The molecule has 1 aromatic carbocycles. The van der Waals surface area contributed by atoms with Crippen LogP contribution in [0.2, 0.25) is 0 Å². The topological polar surface area (TPSA) is 117 Å². The Morgan fingerprint density at radius 3 is 0.476 bits per heavy atom. The van der Waals surface area contributed by atoms with Crippen molar-refractivity contribution in [1.29, 1.82) is 0 Å². The van der Waals surface area contributed by atoms with Crippen molar-refractivity contribution in [2.45, 2.75) is 272 Å². The Kier molecular flexibility index (Phi) is 24.9. The summed E-state index contributed by atoms with van der Waals surface area (Å²) in [6.45, 7) is 7.22. The zero-order chi connectivity index (χ0) is 45.2. The molecule has 0 saturated carbocycles. The lowest BCUT2D eigenvalue weighted by Gasteiger charge is -2.03. The van der Waals surface area contributed by atoms with E-state index in [-0.39, 0.29) is 52.0 Å². The molecule has 0 bridgehead atoms. The maximum atomic E-state index is 14.2. The summed E-state index contributed by atoms with van der Waals surface area (Å²) in [5.74, 6) is 0. The summed E-state index contributed by atoms with van der Waals surface area (Å²) in [5.41, 5.74) is -3.80. The molecular formula is C54H87N3O6. The van der Waals surface area contributed by atoms with Gasteiger partial charge >= 0.3 is 0 Å². The highest BCUT2D eigenvalue weighted by atomic mass is 16.2. The molecule has 0 aliphatic rings. The van der Waals surface area contributed by atoms with E-state index >= 15 is 0 Å². The number of nitrogens with zero attached hydrogens (tertiary/aromatic N) is 3. The van der Waals surface area contributed by atoms with Gasteiger partial charge in [-0.15, -0.1) is 0 Å². The van der Waals surface area contributed by atoms with Crippen molar-refractivity contribution in [2.24, 2.45) is 0 Å². The highest BCUT2D eigenvalue weighted by Gasteiger charge is 2.30. The number of rotatable bonds is 39. The summed E-state index contributed by atoms with van der Waals surface area (Å²) in [4.78, 5) is 85.3. The summed E-state index contributed by atoms with van der Waals surface area (Å²) < 4.78 is 3.45. The molecule has 9 nitrogen and oxygen atoms in total. The summed E-state index contributed by atoms with van der Waals surface area (Å²) in [6, 6.07) is 0. The highest BCUT2D eigenvalue weighted by molar-refractivity contribution is 6.25. The Balaban J connectivity index is 1.49. The second-order valence-electron chi connectivity index (χ2n) is 19.2. The lowest BCUT2D eigenvalue weighted by atomic mass is 10.0. The van der Waals surface area contributed by atoms with E-state index in [1.165, 1.54) is 154 Å². The molecule has 63 heavy (non-hydrogen) atoms. The Labute approximate surface area is 378 Å². The number of unbranched alkanes of at least 4 members (excludes halogenated alkanes) is 33. The molecule has 9 heteroatoms. The summed E-state index contributed by atoms with van der Waals surface area (Å²) in [7, 11) is 0. The van der Waals surface area contributed by atoms with Crippen molar-refractivity contribution in [2.75, 3.05) is 0 Å². The molecule has 0 saturated heterocycles. The average Bonchev–Trinajstić information content (AvgIpc) is 3.78. The van der Waals surface area contributed by atoms with E-state index in [4.69, 9.17) is 0 Å². The quantitative estimate of drug-likeness (QED) is 0.0412. The van der Waals surface area contributed by atoms with Crippen LogP contribution in [0.5, 0.6) is 0 Å². The average molecular weight is 874 g/mol. The Hall–Kier alpha value is -3.36. The molecule has 0 amide bonds. The highest BCUT2D eigenvalue weighted by Crippen LogP contribution is 2.26. The van der Waals surface area contributed by atoms with Crippen LogP contribution in [0.3, 0.4) is 0 Å². The first-order valence-corrected chi connectivity index (χ1v) is 26.6. The van der Waals surface area contributed by atoms with Crippen molar-refractivity contribution in [3.05, 3.63) is 62.1 Å². The van der Waals surface area contributed by atoms with Gasteiger partial charge < -0.3 is 0 Å². The lowest BCUT2D eigenvalue weighted by molar-refractivity contribution is 0.524. The van der Waals surface area contributed by atoms with E-state index in [0.29, 0.717) is 19.3 Å². The van der Waals surface area contributed by atoms with Crippen molar-refractivity contribution >= 4 is 32.3 Å². The van der Waals surface area contributed by atoms with Gasteiger partial charge in [-0.05, 0) is 19.3 Å². The van der Waals surface area contributed by atoms with Crippen LogP contribution in [-0.2, 0) is 19.6 Å². The third-order valence-corrected chi connectivity index (χ3v) is 14.0. The minimum atomic E-state index is -0.634. The first-order chi connectivity index (χ1) is 30.8. The van der Waals surface area contributed by atoms with Gasteiger partial charge in [-0.1, -0.05) is 233 Å². The van der Waals surface area contributed by atoms with E-state index in [0.717, 1.165) is 71.5 Å². The molecule has 4 rings (SSSR count). The van der Waals surface area contributed by atoms with Gasteiger partial charge in [0.1, 0.15) is 0 Å². The van der Waals surface area contributed by atoms with Crippen LogP contribution < -0.4 is 33.4 Å². The van der Waals surface area contributed by atoms with E-state index < -0.39 is 33.4 Å². The van der Waals surface area contributed by atoms with Gasteiger partial charge in [-0.3, -0.25) is 42.5 Å². The minimum Gasteiger partial charge on any atom is -0.274 e. The van der Waals surface area contributed by atoms with Crippen LogP contribution in [0, 0.1) is 0 Å². The number of hydrogen-bond donors (Lipinski definition) is 0. The smallest absolute Gasteiger partial charge is 0.262 e. The van der Waals surface area contributed by atoms with Crippen molar-refractivity contribution in [3.8, 4) is 0 Å². The van der Waals surface area contributed by atoms with Crippen LogP contribution in [0.15, 0.2) is 28.8 Å². The van der Waals surface area contributed by atoms with Crippen LogP contribution in [0.1, 0.15) is 252 Å². The largest absolute Gasteiger partial charge is 0.274 e. The van der Waals surface area contributed by atoms with Crippen LogP contribution >= 0.6 is 0 Å². The molecule has 3 heterocycles. The van der Waals surface area contributed by atoms with Gasteiger partial charge in [0.15, 0.2) is 0 Å². The van der Waals surface area contributed by atoms with Crippen LogP contribution in [0.4, 0.5) is 0 Å². The number of hydrogen-bond acceptors (Lipinski definition) is 6. The minimum absolute atomic E-state index is 0.156. The van der Waals surface area contributed by atoms with Gasteiger partial charge in [0.05, 0.1) is 32.3 Å². The summed E-state index contributed by atoms with van der Waals surface area (Å²) in [5, 5.41) is -0.936. The van der Waals surface area contributed by atoms with E-state index in [2.05, 4.69) is 20.8 Å². The van der Waals surface area contributed by atoms with Gasteiger partial charge in [-0.25, -0.2) is 0 Å². The molecule has 0 atom stereocenters. The molecule has 0 aliphatic carbocycles. The Bertz CT molecular complexity index is 1830. The third-order valence-electron chi connectivity index (χ3n) is 14.0. The summed E-state index contributed by atoms with van der Waals surface area (Å²) in [6.07, 6.45) is 41.3. The Morgan fingerprint density at radius 1 is 0.206 bits per heavy atom. The molecule has 0 spiro atoms. The van der Waals surface area contributed by atoms with E-state index in [1.54, 1.807) is 0 Å². The van der Waals surface area contributed by atoms with E-state index in [1.807, 2.05) is 0 Å². The predicted octanol–water partition coefficient (Wildman–Crippen LogP) is 13.1. The SMILES string of the molecule is CCCCCCCCCCCCCCn1c(=O)c2c3c(=O)n(CCCCCCCCCCCCCC)c(=O)c3c3c(=O)n(CCCCCCCCCCCCCC)c(=O)c3c2c1=O. The van der Waals surface area contributed by atoms with Gasteiger partial charge in [0.25, 0.3) is 33.4 Å². The van der Waals surface area contributed by atoms with Crippen molar-refractivity contribution < 1.29 is 0 Å². The Morgan fingerprint density at radius 2 is 0.333 bits per heavy atom. The summed E-state index contributed by atoms with van der Waals surface area (Å²) >= 11 is 0. The molecule has 354 valence electrons. The number of aromatic nitrogens is 3. The molecule has 3 aromatic heterocycles. The standard InChI is InChI=1S/C54H87N3O6/c1-4-7-10-13-16-19-22-25-28-31-34-37-40-55-49(58)43-44(50(55)59)46-48(54(63)57(52(46)61)42-39-36-33-30-27-24-21-18-15-12-9-6-3)47-45(43)51(60)56(53(47)62)41-38-35-32-29-26-23-20-17-14-11-8-5-2/h4-42H2,1-3H3. The lowest BCUT2D eigenvalue weighted by Crippen LogP contribution is -2.26. The second kappa shape index (κ2) is 30.0. The molecule has 4 aromatic rings. The first kappa shape index (κ1) is 52.3. The van der Waals surface area contributed by atoms with Crippen molar-refractivity contribution in [1.82, 2.24) is 13.7 Å². The maximum Gasteiger partial charge on any atom is 0.262 e. The normalized spacial score (nSPS) is 12.0. The number of benzene rings is 1. The fourth-order valence-electron chi connectivity index (χ4n) is 10.1. The van der Waals surface area contributed by atoms with E-state index in [9.17, 15) is 28.8 Å². The first-order valence-electron chi connectivity index (χ1n) is 26.6. The molecule has 0 radical (unpaired) electrons. The van der Waals surface area contributed by atoms with Gasteiger partial charge in [0, 0.05) is 19.6 Å². The fraction of sp³-hybridized carbons (Fsp3) is 0.778. The molecule has 0 N–H and O–H groups in total. The molecule has 0 fully saturated rings. The van der Waals surface area contributed by atoms with Gasteiger partial charge in [-0.2, -0.15) is 0 Å². The zero-order valence-electron chi connectivity index (χ0n) is 40.4. The molecular weight excluding hydrogens is 787 g/mol. The number of fused-ring (bicyclic) bond motifs is 6. The third kappa shape index (κ3) is 15.4. The monoisotopic (exact) mass is 874 g/mol.